The van der Waals surface area contributed by atoms with Crippen molar-refractivity contribution in [2.45, 2.75) is 0 Å². The van der Waals surface area contributed by atoms with Crippen LogP contribution in [0.15, 0.2) is 29.8 Å². The normalized spacial score (nSPS) is 9.95. The number of nitrogens with one attached hydrogen (secondary N) is 2. The first-order valence-corrected chi connectivity index (χ1v) is 6.69. The predicted octanol–water partition coefficient (Wildman–Crippen LogP) is 2.28. The monoisotopic (exact) mass is 326 g/mol. The Bertz CT molecular complexity index is 704. The number of carbonyl (C=O) groups is 2. The van der Waals surface area contributed by atoms with Gasteiger partial charge in [0.2, 0.25) is 0 Å². The molecule has 0 fully saturated rings. The van der Waals surface area contributed by atoms with E-state index in [2.05, 4.69) is 15.6 Å². The summed E-state index contributed by atoms with van der Waals surface area (Å²) in [6, 6.07) is 3.51. The molecule has 2 amide bonds. The lowest BCUT2D eigenvalue weighted by atomic mass is 10.2. The summed E-state index contributed by atoms with van der Waals surface area (Å²) in [5.74, 6) is -1.96. The molecule has 0 aliphatic heterocycles. The molecule has 0 radical (unpaired) electrons. The Morgan fingerprint density at radius 3 is 2.62 bits per heavy atom. The van der Waals surface area contributed by atoms with Gasteiger partial charge >= 0.3 is 11.8 Å². The Hall–Kier alpha value is -2.52. The highest BCUT2D eigenvalue weighted by Gasteiger charge is 2.18. The van der Waals surface area contributed by atoms with Crippen molar-refractivity contribution in [3.8, 4) is 0 Å². The fourth-order valence-electron chi connectivity index (χ4n) is 1.34. The van der Waals surface area contributed by atoms with E-state index in [1.807, 2.05) is 0 Å². The molecule has 1 aromatic heterocycles. The Morgan fingerprint density at radius 1 is 1.29 bits per heavy atom. The van der Waals surface area contributed by atoms with Crippen LogP contribution >= 0.6 is 22.9 Å². The molecule has 2 N–H and O–H groups in total. The van der Waals surface area contributed by atoms with Crippen LogP contribution in [0, 0.1) is 10.1 Å². The standard InChI is InChI=1S/C11H7ClN4O4S/c12-7-2-1-6(16(19)20)5-8(7)14-9(17)10(18)15-11-13-3-4-21-11/h1-5H,(H,14,17)(H,13,15,18). The lowest BCUT2D eigenvalue weighted by molar-refractivity contribution is -0.384. The van der Waals surface area contributed by atoms with E-state index in [1.165, 1.54) is 18.3 Å². The predicted molar refractivity (Wildman–Crippen MR) is 77.5 cm³/mol. The van der Waals surface area contributed by atoms with E-state index >= 15 is 0 Å². The molecule has 8 nitrogen and oxygen atoms in total. The minimum absolute atomic E-state index is 0.0230. The van der Waals surface area contributed by atoms with Crippen molar-refractivity contribution in [1.82, 2.24) is 4.98 Å². The molecular formula is C11H7ClN4O4S. The second-order valence-electron chi connectivity index (χ2n) is 3.67. The number of non-ortho nitro benzene ring substituents is 1. The van der Waals surface area contributed by atoms with Gasteiger partial charge in [0.15, 0.2) is 5.13 Å². The van der Waals surface area contributed by atoms with Crippen LogP contribution in [0.3, 0.4) is 0 Å². The van der Waals surface area contributed by atoms with E-state index in [4.69, 9.17) is 11.6 Å². The number of nitro benzene ring substituents is 1. The van der Waals surface area contributed by atoms with Gasteiger partial charge in [-0.25, -0.2) is 4.98 Å². The van der Waals surface area contributed by atoms with Crippen LogP contribution in [0.1, 0.15) is 0 Å². The number of benzene rings is 1. The summed E-state index contributed by atoms with van der Waals surface area (Å²) < 4.78 is 0. The number of amides is 2. The quantitative estimate of drug-likeness (QED) is 0.510. The van der Waals surface area contributed by atoms with Crippen LogP contribution in [0.5, 0.6) is 0 Å². The van der Waals surface area contributed by atoms with Gasteiger partial charge in [0.25, 0.3) is 5.69 Å². The third-order valence-electron chi connectivity index (χ3n) is 2.27. The van der Waals surface area contributed by atoms with E-state index in [-0.39, 0.29) is 21.5 Å². The van der Waals surface area contributed by atoms with Crippen LogP contribution in [-0.2, 0) is 9.59 Å². The summed E-state index contributed by atoms with van der Waals surface area (Å²) in [7, 11) is 0. The molecule has 10 heteroatoms. The number of thiazole rings is 1. The van der Waals surface area contributed by atoms with Crippen molar-refractivity contribution >= 4 is 51.3 Å². The topological polar surface area (TPSA) is 114 Å². The number of rotatable bonds is 3. The zero-order valence-corrected chi connectivity index (χ0v) is 11.8. The molecule has 21 heavy (non-hydrogen) atoms. The van der Waals surface area contributed by atoms with Crippen LogP contribution < -0.4 is 10.6 Å². The Labute approximate surface area is 126 Å². The van der Waals surface area contributed by atoms with Crippen LogP contribution in [0.2, 0.25) is 5.02 Å². The lowest BCUT2D eigenvalue weighted by Crippen LogP contribution is -2.29. The summed E-state index contributed by atoms with van der Waals surface area (Å²) in [6.45, 7) is 0. The first-order chi connectivity index (χ1) is 9.97. The summed E-state index contributed by atoms with van der Waals surface area (Å²) in [4.78, 5) is 37.1. The maximum Gasteiger partial charge on any atom is 0.315 e. The molecule has 0 atom stereocenters. The van der Waals surface area contributed by atoms with Gasteiger partial charge in [-0.15, -0.1) is 11.3 Å². The molecular weight excluding hydrogens is 320 g/mol. The zero-order chi connectivity index (χ0) is 15.4. The maximum atomic E-state index is 11.7. The van der Waals surface area contributed by atoms with Gasteiger partial charge in [0.05, 0.1) is 15.6 Å². The van der Waals surface area contributed by atoms with Gasteiger partial charge in [-0.1, -0.05) is 11.6 Å². The van der Waals surface area contributed by atoms with E-state index in [0.29, 0.717) is 0 Å². The first kappa shape index (κ1) is 14.9. The van der Waals surface area contributed by atoms with Crippen molar-refractivity contribution in [2.24, 2.45) is 0 Å². The minimum Gasteiger partial charge on any atom is -0.316 e. The summed E-state index contributed by atoms with van der Waals surface area (Å²) in [5, 5.41) is 17.1. The zero-order valence-electron chi connectivity index (χ0n) is 10.2. The number of nitro groups is 1. The molecule has 0 saturated carbocycles. The fraction of sp³-hybridized carbons (Fsp3) is 0. The van der Waals surface area contributed by atoms with E-state index in [9.17, 15) is 19.7 Å². The van der Waals surface area contributed by atoms with Crippen molar-refractivity contribution in [3.05, 3.63) is 44.9 Å². The molecule has 0 saturated heterocycles. The largest absolute Gasteiger partial charge is 0.316 e. The highest BCUT2D eigenvalue weighted by molar-refractivity contribution is 7.13. The summed E-state index contributed by atoms with van der Waals surface area (Å²) >= 11 is 6.96. The summed E-state index contributed by atoms with van der Waals surface area (Å²) in [6.07, 6.45) is 1.47. The number of nitrogens with zero attached hydrogens (tertiary/aromatic N) is 2. The van der Waals surface area contributed by atoms with E-state index in [0.717, 1.165) is 17.4 Å². The van der Waals surface area contributed by atoms with Crippen LogP contribution in [0.25, 0.3) is 0 Å². The van der Waals surface area contributed by atoms with E-state index in [1.54, 1.807) is 5.38 Å². The van der Waals surface area contributed by atoms with Gasteiger partial charge in [0.1, 0.15) is 0 Å². The third-order valence-corrected chi connectivity index (χ3v) is 3.29. The molecule has 2 aromatic rings. The second kappa shape index (κ2) is 6.29. The average molecular weight is 327 g/mol. The molecule has 0 spiro atoms. The minimum atomic E-state index is -1.01. The van der Waals surface area contributed by atoms with Gasteiger partial charge in [-0.2, -0.15) is 0 Å². The Balaban J connectivity index is 2.10. The number of anilines is 2. The van der Waals surface area contributed by atoms with Gasteiger partial charge < -0.3 is 5.32 Å². The first-order valence-electron chi connectivity index (χ1n) is 5.43. The van der Waals surface area contributed by atoms with Crippen molar-refractivity contribution in [1.29, 1.82) is 0 Å². The highest BCUT2D eigenvalue weighted by atomic mass is 35.5. The van der Waals surface area contributed by atoms with Crippen LogP contribution in [0.4, 0.5) is 16.5 Å². The summed E-state index contributed by atoms with van der Waals surface area (Å²) in [5.41, 5.74) is -0.278. The third kappa shape index (κ3) is 3.74. The fourth-order valence-corrected chi connectivity index (χ4v) is 2.03. The van der Waals surface area contributed by atoms with Gasteiger partial charge in [-0.3, -0.25) is 25.0 Å². The number of hydrogen-bond acceptors (Lipinski definition) is 6. The average Bonchev–Trinajstić information content (AvgIpc) is 2.93. The maximum absolute atomic E-state index is 11.7. The molecule has 108 valence electrons. The molecule has 0 aliphatic rings. The molecule has 1 aromatic carbocycles. The van der Waals surface area contributed by atoms with Gasteiger partial charge in [0, 0.05) is 23.7 Å². The van der Waals surface area contributed by atoms with Gasteiger partial charge in [-0.05, 0) is 6.07 Å². The Kier molecular flexibility index (Phi) is 4.45. The molecule has 0 aliphatic carbocycles. The van der Waals surface area contributed by atoms with Crippen LogP contribution in [-0.4, -0.2) is 21.7 Å². The SMILES string of the molecule is O=C(Nc1nccs1)C(=O)Nc1cc([N+](=O)[O-])ccc1Cl. The molecule has 2 rings (SSSR count). The molecule has 0 bridgehead atoms. The number of hydrogen-bond donors (Lipinski definition) is 2. The number of aromatic nitrogens is 1. The number of carbonyl (C=O) groups excluding carboxylic acids is 2. The smallest absolute Gasteiger partial charge is 0.315 e. The Morgan fingerprint density at radius 2 is 2.00 bits per heavy atom. The van der Waals surface area contributed by atoms with Crippen molar-refractivity contribution in [3.63, 3.8) is 0 Å². The molecule has 0 unspecified atom stereocenters. The van der Waals surface area contributed by atoms with Crippen molar-refractivity contribution < 1.29 is 14.5 Å². The number of halogens is 1. The highest BCUT2D eigenvalue weighted by Crippen LogP contribution is 2.26. The molecule has 1 heterocycles. The van der Waals surface area contributed by atoms with Crippen molar-refractivity contribution in [2.75, 3.05) is 10.6 Å². The lowest BCUT2D eigenvalue weighted by Gasteiger charge is -2.06. The second-order valence-corrected chi connectivity index (χ2v) is 4.97. The van der Waals surface area contributed by atoms with E-state index < -0.39 is 16.7 Å².